The van der Waals surface area contributed by atoms with Crippen molar-refractivity contribution in [1.29, 1.82) is 0 Å². The van der Waals surface area contributed by atoms with Crippen molar-refractivity contribution in [1.82, 2.24) is 29.4 Å². The van der Waals surface area contributed by atoms with Crippen molar-refractivity contribution in [2.45, 2.75) is 31.7 Å². The zero-order chi connectivity index (χ0) is 24.1. The number of rotatable bonds is 5. The number of nitrogens with one attached hydrogen (secondary N) is 1. The molecule has 2 aliphatic rings. The lowest BCUT2D eigenvalue weighted by Crippen LogP contribution is -2.39. The fourth-order valence-corrected chi connectivity index (χ4v) is 6.64. The Morgan fingerprint density at radius 2 is 2.17 bits per heavy atom. The normalized spacial score (nSPS) is 20.1. The van der Waals surface area contributed by atoms with Crippen LogP contribution in [0.2, 0.25) is 0 Å². The van der Waals surface area contributed by atoms with Gasteiger partial charge in [-0.1, -0.05) is 0 Å². The van der Waals surface area contributed by atoms with Crippen molar-refractivity contribution >= 4 is 44.5 Å². The Bertz CT molecular complexity index is 1410. The van der Waals surface area contributed by atoms with E-state index in [1.165, 1.54) is 10.4 Å². The highest BCUT2D eigenvalue weighted by molar-refractivity contribution is 7.19. The van der Waals surface area contributed by atoms with Crippen molar-refractivity contribution < 1.29 is 9.53 Å². The molecule has 6 rings (SSSR count). The third-order valence-electron chi connectivity index (χ3n) is 7.37. The summed E-state index contributed by atoms with van der Waals surface area (Å²) in [7, 11) is 5.84. The molecule has 1 aliphatic carbocycles. The van der Waals surface area contributed by atoms with E-state index in [9.17, 15) is 4.79 Å². The molecule has 4 aromatic heterocycles. The molecule has 1 N–H and O–H groups in total. The van der Waals surface area contributed by atoms with E-state index in [0.717, 1.165) is 66.0 Å². The van der Waals surface area contributed by atoms with E-state index in [1.807, 2.05) is 18.3 Å². The molecule has 182 valence electrons. The number of methoxy groups -OCH3 is 1. The van der Waals surface area contributed by atoms with Gasteiger partial charge in [0, 0.05) is 36.1 Å². The highest BCUT2D eigenvalue weighted by Crippen LogP contribution is 2.41. The first-order valence-electron chi connectivity index (χ1n) is 12.0. The van der Waals surface area contributed by atoms with Crippen LogP contribution in [-0.4, -0.2) is 75.6 Å². The number of nitrogens with zero attached hydrogens (tertiary/aromatic N) is 6. The molecule has 2 atom stereocenters. The molecule has 0 radical (unpaired) electrons. The molecule has 0 unspecified atom stereocenters. The zero-order valence-corrected chi connectivity index (χ0v) is 21.0. The Morgan fingerprint density at radius 3 is 2.97 bits per heavy atom. The molecular weight excluding hydrogens is 462 g/mol. The maximum Gasteiger partial charge on any atom is 0.226 e. The first kappa shape index (κ1) is 22.2. The molecule has 1 fully saturated rings. The second kappa shape index (κ2) is 8.76. The van der Waals surface area contributed by atoms with E-state index >= 15 is 0 Å². The maximum atomic E-state index is 13.3. The molecule has 35 heavy (non-hydrogen) atoms. The van der Waals surface area contributed by atoms with Crippen LogP contribution < -0.4 is 10.1 Å². The number of carbonyl (C=O) groups excluding carboxylic acids is 1. The second-order valence-electron chi connectivity index (χ2n) is 9.62. The number of likely N-dealkylation sites (tertiary alicyclic amines) is 1. The molecule has 0 spiro atoms. The van der Waals surface area contributed by atoms with Gasteiger partial charge in [0.2, 0.25) is 5.91 Å². The molecule has 10 heteroatoms. The van der Waals surface area contributed by atoms with Crippen LogP contribution in [0.4, 0.5) is 11.5 Å². The summed E-state index contributed by atoms with van der Waals surface area (Å²) < 4.78 is 7.39. The lowest BCUT2D eigenvalue weighted by Gasteiger charge is -2.27. The Labute approximate surface area is 207 Å². The number of aromatic nitrogens is 4. The molecule has 4 aromatic rings. The largest absolute Gasteiger partial charge is 0.493 e. The number of fused-ring (bicyclic) bond motifs is 4. The summed E-state index contributed by atoms with van der Waals surface area (Å²) in [4.78, 5) is 29.0. The number of likely N-dealkylation sites (N-methyl/N-ethyl adjacent to an activating group) is 1. The molecule has 1 amide bonds. The van der Waals surface area contributed by atoms with Gasteiger partial charge in [-0.3, -0.25) is 4.79 Å². The first-order chi connectivity index (χ1) is 17.0. The standard InChI is InChI=1S/C25H29N7O2S/c1-30(2)17-7-9-31(12-17)25(33)15-4-5-18-21(10-15)35-24-22(18)23(26-14-27-24)29-19-11-16-6-8-28-32(16)13-20(19)34-3/h6,8,11,13-15,17H,4-5,7,9-10,12H2,1-3H3,(H,26,27,29)/t15-,17+/m0/s1. The van der Waals surface area contributed by atoms with Gasteiger partial charge >= 0.3 is 0 Å². The van der Waals surface area contributed by atoms with Crippen LogP contribution in [-0.2, 0) is 17.6 Å². The van der Waals surface area contributed by atoms with Gasteiger partial charge in [-0.2, -0.15) is 5.10 Å². The van der Waals surface area contributed by atoms with Crippen LogP contribution in [0.25, 0.3) is 15.7 Å². The van der Waals surface area contributed by atoms with Gasteiger partial charge in [0.1, 0.15) is 17.0 Å². The Kier molecular flexibility index (Phi) is 5.57. The number of hydrogen-bond donors (Lipinski definition) is 1. The number of anilines is 2. The number of pyridine rings is 1. The topological polar surface area (TPSA) is 87.9 Å². The number of carbonyl (C=O) groups is 1. The van der Waals surface area contributed by atoms with E-state index in [-0.39, 0.29) is 5.92 Å². The molecule has 0 bridgehead atoms. The van der Waals surface area contributed by atoms with E-state index < -0.39 is 0 Å². The summed E-state index contributed by atoms with van der Waals surface area (Å²) in [5.74, 6) is 1.81. The smallest absolute Gasteiger partial charge is 0.226 e. The minimum Gasteiger partial charge on any atom is -0.493 e. The van der Waals surface area contributed by atoms with Gasteiger partial charge < -0.3 is 19.9 Å². The lowest BCUT2D eigenvalue weighted by atomic mass is 9.87. The van der Waals surface area contributed by atoms with E-state index in [4.69, 9.17) is 4.74 Å². The summed E-state index contributed by atoms with van der Waals surface area (Å²) in [5, 5.41) is 8.84. The third kappa shape index (κ3) is 3.90. The van der Waals surface area contributed by atoms with Crippen molar-refractivity contribution in [3.05, 3.63) is 41.3 Å². The van der Waals surface area contributed by atoms with Crippen molar-refractivity contribution in [2.24, 2.45) is 5.92 Å². The second-order valence-corrected chi connectivity index (χ2v) is 10.7. The Hall–Kier alpha value is -3.24. The van der Waals surface area contributed by atoms with Crippen molar-refractivity contribution in [3.8, 4) is 5.75 Å². The molecule has 1 aliphatic heterocycles. The predicted octanol–water partition coefficient (Wildman–Crippen LogP) is 3.36. The summed E-state index contributed by atoms with van der Waals surface area (Å²) in [6, 6.07) is 4.42. The van der Waals surface area contributed by atoms with Gasteiger partial charge in [-0.05, 0) is 57.5 Å². The average molecular weight is 492 g/mol. The maximum absolute atomic E-state index is 13.3. The minimum atomic E-state index is 0.0465. The van der Waals surface area contributed by atoms with Crippen LogP contribution in [0.3, 0.4) is 0 Å². The SMILES string of the molecule is COc1cn2nccc2cc1Nc1ncnc2sc3c(c12)CC[C@H](C(=O)N1CC[C@@H](N(C)C)C1)C3. The summed E-state index contributed by atoms with van der Waals surface area (Å²) in [6.07, 6.45) is 8.77. The van der Waals surface area contributed by atoms with Crippen LogP contribution in [0.1, 0.15) is 23.3 Å². The molecular formula is C25H29N7O2S. The van der Waals surface area contributed by atoms with Crippen LogP contribution in [0.15, 0.2) is 30.9 Å². The van der Waals surface area contributed by atoms with Crippen molar-refractivity contribution in [3.63, 3.8) is 0 Å². The van der Waals surface area contributed by atoms with Crippen LogP contribution in [0.5, 0.6) is 5.75 Å². The number of thiophene rings is 1. The molecule has 0 aromatic carbocycles. The fourth-order valence-electron chi connectivity index (χ4n) is 5.37. The van der Waals surface area contributed by atoms with Gasteiger partial charge in [-0.25, -0.2) is 14.5 Å². The van der Waals surface area contributed by atoms with Gasteiger partial charge in [0.25, 0.3) is 0 Å². The first-order valence-corrected chi connectivity index (χ1v) is 12.8. The van der Waals surface area contributed by atoms with Crippen LogP contribution in [0, 0.1) is 5.92 Å². The Morgan fingerprint density at radius 1 is 1.29 bits per heavy atom. The summed E-state index contributed by atoms with van der Waals surface area (Å²) in [6.45, 7) is 1.70. The average Bonchev–Trinajstić information content (AvgIpc) is 3.60. The molecule has 9 nitrogen and oxygen atoms in total. The van der Waals surface area contributed by atoms with Gasteiger partial charge in [0.05, 0.1) is 29.9 Å². The highest BCUT2D eigenvalue weighted by Gasteiger charge is 2.35. The third-order valence-corrected chi connectivity index (χ3v) is 8.53. The number of hydrogen-bond acceptors (Lipinski definition) is 8. The number of ether oxygens (including phenoxy) is 1. The number of amides is 1. The number of aryl methyl sites for hydroxylation is 1. The quantitative estimate of drug-likeness (QED) is 0.458. The van der Waals surface area contributed by atoms with Gasteiger partial charge in [0.15, 0.2) is 5.75 Å². The molecule has 1 saturated heterocycles. The molecule has 0 saturated carbocycles. The molecule has 5 heterocycles. The lowest BCUT2D eigenvalue weighted by molar-refractivity contribution is -0.134. The van der Waals surface area contributed by atoms with Crippen molar-refractivity contribution in [2.75, 3.05) is 39.6 Å². The van der Waals surface area contributed by atoms with E-state index in [0.29, 0.717) is 17.7 Å². The zero-order valence-electron chi connectivity index (χ0n) is 20.2. The van der Waals surface area contributed by atoms with E-state index in [2.05, 4.69) is 44.3 Å². The summed E-state index contributed by atoms with van der Waals surface area (Å²) >= 11 is 1.69. The monoisotopic (exact) mass is 491 g/mol. The predicted molar refractivity (Wildman–Crippen MR) is 137 cm³/mol. The Balaban J connectivity index is 1.28. The fraction of sp³-hybridized carbons (Fsp3) is 0.440. The summed E-state index contributed by atoms with van der Waals surface area (Å²) in [5.41, 5.74) is 3.06. The van der Waals surface area contributed by atoms with Crippen LogP contribution >= 0.6 is 11.3 Å². The highest BCUT2D eigenvalue weighted by atomic mass is 32.1. The minimum absolute atomic E-state index is 0.0465. The van der Waals surface area contributed by atoms with E-state index in [1.54, 1.807) is 35.5 Å². The van der Waals surface area contributed by atoms with Gasteiger partial charge in [-0.15, -0.1) is 11.3 Å².